The number of anilines is 1. The van der Waals surface area contributed by atoms with Crippen LogP contribution in [0.3, 0.4) is 0 Å². The normalized spacial score (nSPS) is 24.0. The molecule has 0 saturated heterocycles. The summed E-state index contributed by atoms with van der Waals surface area (Å²) in [5.74, 6) is 0. The summed E-state index contributed by atoms with van der Waals surface area (Å²) >= 11 is 0. The molecule has 1 saturated carbocycles. The molecule has 0 bridgehead atoms. The van der Waals surface area contributed by atoms with Gasteiger partial charge in [-0.2, -0.15) is 5.26 Å². The van der Waals surface area contributed by atoms with Crippen molar-refractivity contribution in [1.29, 1.82) is 5.26 Å². The van der Waals surface area contributed by atoms with Gasteiger partial charge in [-0.15, -0.1) is 0 Å². The van der Waals surface area contributed by atoms with E-state index in [1.807, 2.05) is 12.1 Å². The molecule has 4 nitrogen and oxygen atoms in total. The first-order chi connectivity index (χ1) is 7.31. The Morgan fingerprint density at radius 1 is 1.53 bits per heavy atom. The van der Waals surface area contributed by atoms with Crippen LogP contribution in [0.2, 0.25) is 0 Å². The largest absolute Gasteiger partial charge is 0.381 e. The smallest absolute Gasteiger partial charge is 0.140 e. The summed E-state index contributed by atoms with van der Waals surface area (Å²) in [6.07, 6.45) is 4.17. The minimum atomic E-state index is 0.397. The van der Waals surface area contributed by atoms with Crippen molar-refractivity contribution in [2.24, 2.45) is 0 Å². The number of aromatic nitrogens is 1. The zero-order valence-corrected chi connectivity index (χ0v) is 8.60. The number of nitriles is 1. The fourth-order valence-corrected chi connectivity index (χ4v) is 1.66. The van der Waals surface area contributed by atoms with Gasteiger partial charge in [-0.1, -0.05) is 0 Å². The molecule has 1 aromatic rings. The Kier molecular flexibility index (Phi) is 2.84. The van der Waals surface area contributed by atoms with E-state index in [2.05, 4.69) is 10.3 Å². The number of ether oxygens (including phenoxy) is 1. The SMILES string of the molecule is COC1CC(Nc2ccc(C#N)nc2)C1. The summed E-state index contributed by atoms with van der Waals surface area (Å²) < 4.78 is 5.19. The second-order valence-corrected chi connectivity index (χ2v) is 3.71. The third-order valence-electron chi connectivity index (χ3n) is 2.68. The number of pyridine rings is 1. The molecule has 0 amide bonds. The Bertz CT molecular complexity index is 362. The number of methoxy groups -OCH3 is 1. The van der Waals surface area contributed by atoms with Crippen molar-refractivity contribution in [2.45, 2.75) is 25.0 Å². The molecule has 0 radical (unpaired) electrons. The molecular weight excluding hydrogens is 190 g/mol. The highest BCUT2D eigenvalue weighted by Gasteiger charge is 2.28. The summed E-state index contributed by atoms with van der Waals surface area (Å²) in [5, 5.41) is 11.9. The molecule has 1 N–H and O–H groups in total. The molecule has 0 unspecified atom stereocenters. The maximum atomic E-state index is 8.58. The summed E-state index contributed by atoms with van der Waals surface area (Å²) in [5.41, 5.74) is 1.41. The number of nitrogens with zero attached hydrogens (tertiary/aromatic N) is 2. The lowest BCUT2D eigenvalue weighted by Gasteiger charge is -2.35. The van der Waals surface area contributed by atoms with E-state index < -0.39 is 0 Å². The third-order valence-corrected chi connectivity index (χ3v) is 2.68. The van der Waals surface area contributed by atoms with E-state index >= 15 is 0 Å². The molecule has 0 aliphatic heterocycles. The van der Waals surface area contributed by atoms with Crippen LogP contribution in [0.4, 0.5) is 5.69 Å². The highest BCUT2D eigenvalue weighted by molar-refractivity contribution is 5.44. The Hall–Kier alpha value is -1.60. The molecular formula is C11H13N3O. The predicted molar refractivity (Wildman–Crippen MR) is 56.4 cm³/mol. The first kappa shape index (κ1) is 9.94. The van der Waals surface area contributed by atoms with Crippen LogP contribution >= 0.6 is 0 Å². The van der Waals surface area contributed by atoms with Gasteiger partial charge in [0.05, 0.1) is 18.0 Å². The topological polar surface area (TPSA) is 57.9 Å². The first-order valence-corrected chi connectivity index (χ1v) is 4.97. The second-order valence-electron chi connectivity index (χ2n) is 3.71. The van der Waals surface area contributed by atoms with E-state index in [1.54, 1.807) is 19.4 Å². The summed E-state index contributed by atoms with van der Waals surface area (Å²) in [4.78, 5) is 3.99. The van der Waals surface area contributed by atoms with E-state index in [-0.39, 0.29) is 0 Å². The van der Waals surface area contributed by atoms with Crippen LogP contribution in [0.5, 0.6) is 0 Å². The average molecular weight is 203 g/mol. The van der Waals surface area contributed by atoms with Crippen LogP contribution in [0, 0.1) is 11.3 Å². The van der Waals surface area contributed by atoms with Crippen molar-refractivity contribution in [3.05, 3.63) is 24.0 Å². The first-order valence-electron chi connectivity index (χ1n) is 4.97. The standard InChI is InChI=1S/C11H13N3O/c1-15-11-4-10(5-11)14-9-3-2-8(6-12)13-7-9/h2-3,7,10-11,14H,4-5H2,1H3. The van der Waals surface area contributed by atoms with Crippen LogP contribution in [0.25, 0.3) is 0 Å². The molecule has 15 heavy (non-hydrogen) atoms. The van der Waals surface area contributed by atoms with Crippen molar-refractivity contribution in [2.75, 3.05) is 12.4 Å². The van der Waals surface area contributed by atoms with E-state index in [1.165, 1.54) is 0 Å². The van der Waals surface area contributed by atoms with Crippen LogP contribution in [0.1, 0.15) is 18.5 Å². The molecule has 0 spiro atoms. The van der Waals surface area contributed by atoms with E-state index in [4.69, 9.17) is 10.00 Å². The molecule has 1 aromatic heterocycles. The molecule has 1 fully saturated rings. The molecule has 0 atom stereocenters. The minimum absolute atomic E-state index is 0.397. The highest BCUT2D eigenvalue weighted by atomic mass is 16.5. The fraction of sp³-hybridized carbons (Fsp3) is 0.455. The molecule has 1 aliphatic carbocycles. The number of hydrogen-bond acceptors (Lipinski definition) is 4. The summed E-state index contributed by atoms with van der Waals surface area (Å²) in [6, 6.07) is 6.07. The van der Waals surface area contributed by atoms with Gasteiger partial charge in [0, 0.05) is 13.2 Å². The predicted octanol–water partition coefficient (Wildman–Crippen LogP) is 1.54. The van der Waals surface area contributed by atoms with Gasteiger partial charge in [-0.05, 0) is 25.0 Å². The van der Waals surface area contributed by atoms with Crippen LogP contribution in [0.15, 0.2) is 18.3 Å². The van der Waals surface area contributed by atoms with Gasteiger partial charge < -0.3 is 10.1 Å². The Balaban J connectivity index is 1.87. The van der Waals surface area contributed by atoms with Crippen LogP contribution in [-0.2, 0) is 4.74 Å². The molecule has 4 heteroatoms. The molecule has 1 heterocycles. The molecule has 1 aliphatic rings. The lowest BCUT2D eigenvalue weighted by atomic mass is 9.89. The third kappa shape index (κ3) is 2.25. The lowest BCUT2D eigenvalue weighted by Crippen LogP contribution is -2.40. The average Bonchev–Trinajstić information content (AvgIpc) is 2.23. The van der Waals surface area contributed by atoms with Crippen molar-refractivity contribution in [1.82, 2.24) is 4.98 Å². The van der Waals surface area contributed by atoms with Crippen molar-refractivity contribution in [3.8, 4) is 6.07 Å². The van der Waals surface area contributed by atoms with Crippen LogP contribution in [-0.4, -0.2) is 24.2 Å². The molecule has 2 rings (SSSR count). The monoisotopic (exact) mass is 203 g/mol. The fourth-order valence-electron chi connectivity index (χ4n) is 1.66. The summed E-state index contributed by atoms with van der Waals surface area (Å²) in [7, 11) is 1.74. The number of rotatable bonds is 3. The Morgan fingerprint density at radius 2 is 2.33 bits per heavy atom. The highest BCUT2D eigenvalue weighted by Crippen LogP contribution is 2.25. The maximum absolute atomic E-state index is 8.58. The summed E-state index contributed by atoms with van der Waals surface area (Å²) in [6.45, 7) is 0. The zero-order valence-electron chi connectivity index (χ0n) is 8.60. The van der Waals surface area contributed by atoms with Gasteiger partial charge in [-0.25, -0.2) is 4.98 Å². The van der Waals surface area contributed by atoms with Crippen molar-refractivity contribution >= 4 is 5.69 Å². The maximum Gasteiger partial charge on any atom is 0.140 e. The van der Waals surface area contributed by atoms with Gasteiger partial charge in [-0.3, -0.25) is 0 Å². The van der Waals surface area contributed by atoms with Gasteiger partial charge in [0.2, 0.25) is 0 Å². The molecule has 78 valence electrons. The zero-order chi connectivity index (χ0) is 10.7. The van der Waals surface area contributed by atoms with E-state index in [9.17, 15) is 0 Å². The van der Waals surface area contributed by atoms with Crippen LogP contribution < -0.4 is 5.32 Å². The Morgan fingerprint density at radius 3 is 2.87 bits per heavy atom. The lowest BCUT2D eigenvalue weighted by molar-refractivity contribution is 0.0328. The van der Waals surface area contributed by atoms with E-state index in [0.29, 0.717) is 17.8 Å². The minimum Gasteiger partial charge on any atom is -0.381 e. The van der Waals surface area contributed by atoms with E-state index in [0.717, 1.165) is 18.5 Å². The molecule has 0 aromatic carbocycles. The number of nitrogens with one attached hydrogen (secondary N) is 1. The second kappa shape index (κ2) is 4.28. The van der Waals surface area contributed by atoms with Gasteiger partial charge in [0.15, 0.2) is 0 Å². The van der Waals surface area contributed by atoms with Gasteiger partial charge in [0.1, 0.15) is 11.8 Å². The van der Waals surface area contributed by atoms with Gasteiger partial charge in [0.25, 0.3) is 0 Å². The van der Waals surface area contributed by atoms with Crippen molar-refractivity contribution < 1.29 is 4.74 Å². The number of hydrogen-bond donors (Lipinski definition) is 1. The Labute approximate surface area is 88.9 Å². The van der Waals surface area contributed by atoms with Gasteiger partial charge >= 0.3 is 0 Å². The van der Waals surface area contributed by atoms with Crippen molar-refractivity contribution in [3.63, 3.8) is 0 Å². The quantitative estimate of drug-likeness (QED) is 0.809.